The van der Waals surface area contributed by atoms with Crippen LogP contribution in [-0.2, 0) is 9.53 Å². The molecule has 6 heteroatoms. The molecular weight excluding hydrogens is 270 g/mol. The van der Waals surface area contributed by atoms with Gasteiger partial charge in [-0.05, 0) is 18.6 Å². The first kappa shape index (κ1) is 15.6. The number of benzene rings is 1. The maximum atomic E-state index is 11.4. The van der Waals surface area contributed by atoms with Gasteiger partial charge in [0.25, 0.3) is 0 Å². The summed E-state index contributed by atoms with van der Waals surface area (Å²) in [5.74, 6) is 0.557. The van der Waals surface area contributed by atoms with Crippen LogP contribution in [0.25, 0.3) is 0 Å². The van der Waals surface area contributed by atoms with Crippen LogP contribution >= 0.6 is 11.6 Å². The molecular formula is C13H18ClNO4. The molecule has 0 saturated heterocycles. The van der Waals surface area contributed by atoms with Gasteiger partial charge in [-0.15, -0.1) is 0 Å². The first-order valence-electron chi connectivity index (χ1n) is 5.86. The van der Waals surface area contributed by atoms with Crippen LogP contribution in [0.15, 0.2) is 12.1 Å². The smallest absolute Gasteiger partial charge is 0.307 e. The van der Waals surface area contributed by atoms with Gasteiger partial charge in [-0.25, -0.2) is 0 Å². The molecule has 0 spiro atoms. The fraction of sp³-hybridized carbons (Fsp3) is 0.462. The van der Waals surface area contributed by atoms with E-state index in [9.17, 15) is 4.79 Å². The van der Waals surface area contributed by atoms with E-state index in [1.54, 1.807) is 19.1 Å². The Kier molecular flexibility index (Phi) is 5.92. The Morgan fingerprint density at radius 2 is 2.05 bits per heavy atom. The summed E-state index contributed by atoms with van der Waals surface area (Å²) in [6.45, 7) is 2.07. The Morgan fingerprint density at radius 1 is 1.37 bits per heavy atom. The van der Waals surface area contributed by atoms with Crippen molar-refractivity contribution >= 4 is 17.6 Å². The third kappa shape index (κ3) is 3.75. The van der Waals surface area contributed by atoms with Crippen molar-refractivity contribution in [2.75, 3.05) is 20.8 Å². The molecule has 0 radical (unpaired) electrons. The standard InChI is InChI=1S/C13H18ClNO4/c1-4-19-11(16)7-9(15)8-5-6-10(17-2)13(18-3)12(8)14/h5-6,9H,4,7,15H2,1-3H3/t9-/m0/s1. The second-order valence-electron chi connectivity index (χ2n) is 3.82. The maximum Gasteiger partial charge on any atom is 0.307 e. The van der Waals surface area contributed by atoms with Crippen molar-refractivity contribution in [2.45, 2.75) is 19.4 Å². The summed E-state index contributed by atoms with van der Waals surface area (Å²) in [6, 6.07) is 2.87. The Balaban J connectivity index is 2.97. The minimum atomic E-state index is -0.550. The molecule has 106 valence electrons. The molecule has 1 aromatic carbocycles. The zero-order valence-electron chi connectivity index (χ0n) is 11.2. The summed E-state index contributed by atoms with van der Waals surface area (Å²) in [5.41, 5.74) is 6.58. The lowest BCUT2D eigenvalue weighted by Gasteiger charge is -2.17. The van der Waals surface area contributed by atoms with Gasteiger partial charge in [0.1, 0.15) is 0 Å². The SMILES string of the molecule is CCOC(=O)C[C@H](N)c1ccc(OC)c(OC)c1Cl. The third-order valence-electron chi connectivity index (χ3n) is 2.61. The molecule has 2 N–H and O–H groups in total. The molecule has 0 aromatic heterocycles. The summed E-state index contributed by atoms with van der Waals surface area (Å²) in [5, 5.41) is 0.346. The lowest BCUT2D eigenvalue weighted by atomic mass is 10.0. The third-order valence-corrected chi connectivity index (χ3v) is 3.00. The molecule has 0 heterocycles. The van der Waals surface area contributed by atoms with E-state index in [1.165, 1.54) is 14.2 Å². The largest absolute Gasteiger partial charge is 0.493 e. The number of hydrogen-bond acceptors (Lipinski definition) is 5. The highest BCUT2D eigenvalue weighted by Gasteiger charge is 2.20. The number of ether oxygens (including phenoxy) is 3. The number of hydrogen-bond donors (Lipinski definition) is 1. The first-order chi connectivity index (χ1) is 9.04. The monoisotopic (exact) mass is 287 g/mol. The van der Waals surface area contributed by atoms with Gasteiger partial charge in [-0.1, -0.05) is 17.7 Å². The van der Waals surface area contributed by atoms with E-state index in [-0.39, 0.29) is 12.4 Å². The van der Waals surface area contributed by atoms with Crippen LogP contribution in [0.1, 0.15) is 24.9 Å². The minimum Gasteiger partial charge on any atom is -0.493 e. The van der Waals surface area contributed by atoms with Crippen LogP contribution in [0.4, 0.5) is 0 Å². The van der Waals surface area contributed by atoms with Crippen molar-refractivity contribution in [3.05, 3.63) is 22.7 Å². The average Bonchev–Trinajstić information content (AvgIpc) is 2.38. The first-order valence-corrected chi connectivity index (χ1v) is 6.24. The average molecular weight is 288 g/mol. The molecule has 1 atom stereocenters. The molecule has 0 bridgehead atoms. The van der Waals surface area contributed by atoms with Crippen LogP contribution < -0.4 is 15.2 Å². The van der Waals surface area contributed by atoms with E-state index in [2.05, 4.69) is 0 Å². The molecule has 0 amide bonds. The lowest BCUT2D eigenvalue weighted by molar-refractivity contribution is -0.143. The maximum absolute atomic E-state index is 11.4. The van der Waals surface area contributed by atoms with Crippen molar-refractivity contribution < 1.29 is 19.0 Å². The lowest BCUT2D eigenvalue weighted by Crippen LogP contribution is -2.17. The number of methoxy groups -OCH3 is 2. The van der Waals surface area contributed by atoms with E-state index in [0.717, 1.165) is 0 Å². The van der Waals surface area contributed by atoms with Gasteiger partial charge in [-0.3, -0.25) is 4.79 Å². The Morgan fingerprint density at radius 3 is 2.58 bits per heavy atom. The molecule has 1 aromatic rings. The fourth-order valence-corrected chi connectivity index (χ4v) is 2.07. The number of esters is 1. The molecule has 5 nitrogen and oxygen atoms in total. The summed E-state index contributed by atoms with van der Waals surface area (Å²) in [4.78, 5) is 11.4. The highest BCUT2D eigenvalue weighted by atomic mass is 35.5. The molecule has 0 aliphatic rings. The zero-order valence-corrected chi connectivity index (χ0v) is 12.0. The van der Waals surface area contributed by atoms with Crippen molar-refractivity contribution in [3.8, 4) is 11.5 Å². The van der Waals surface area contributed by atoms with E-state index in [4.69, 9.17) is 31.5 Å². The predicted molar refractivity (Wildman–Crippen MR) is 72.7 cm³/mol. The molecule has 0 fully saturated rings. The van der Waals surface area contributed by atoms with E-state index < -0.39 is 6.04 Å². The van der Waals surface area contributed by atoms with E-state index in [1.807, 2.05) is 0 Å². The van der Waals surface area contributed by atoms with Crippen molar-refractivity contribution in [3.63, 3.8) is 0 Å². The van der Waals surface area contributed by atoms with Crippen LogP contribution in [0, 0.1) is 0 Å². The molecule has 0 unspecified atom stereocenters. The number of rotatable bonds is 6. The Bertz CT molecular complexity index is 451. The van der Waals surface area contributed by atoms with Crippen molar-refractivity contribution in [2.24, 2.45) is 5.73 Å². The van der Waals surface area contributed by atoms with Gasteiger partial charge in [0, 0.05) is 6.04 Å². The molecule has 0 aliphatic heterocycles. The quantitative estimate of drug-likeness (QED) is 0.813. The van der Waals surface area contributed by atoms with Crippen LogP contribution in [0.3, 0.4) is 0 Å². The van der Waals surface area contributed by atoms with Gasteiger partial charge >= 0.3 is 5.97 Å². The molecule has 0 saturated carbocycles. The highest BCUT2D eigenvalue weighted by molar-refractivity contribution is 6.33. The van der Waals surface area contributed by atoms with Gasteiger partial charge in [0.15, 0.2) is 11.5 Å². The molecule has 19 heavy (non-hydrogen) atoms. The van der Waals surface area contributed by atoms with Gasteiger partial charge in [0.05, 0.1) is 32.3 Å². The second kappa shape index (κ2) is 7.21. The van der Waals surface area contributed by atoms with Gasteiger partial charge in [-0.2, -0.15) is 0 Å². The summed E-state index contributed by atoms with van der Waals surface area (Å²) in [7, 11) is 3.01. The number of carbonyl (C=O) groups excluding carboxylic acids is 1. The topological polar surface area (TPSA) is 70.8 Å². The Hall–Kier alpha value is -1.46. The fourth-order valence-electron chi connectivity index (χ4n) is 1.70. The number of halogens is 1. The molecule has 0 aliphatic carbocycles. The number of carbonyl (C=O) groups is 1. The minimum absolute atomic E-state index is 0.0586. The second-order valence-corrected chi connectivity index (χ2v) is 4.20. The van der Waals surface area contributed by atoms with Crippen LogP contribution in [0.2, 0.25) is 5.02 Å². The Labute approximate surface area is 117 Å². The zero-order chi connectivity index (χ0) is 14.4. The number of nitrogens with two attached hydrogens (primary N) is 1. The normalized spacial score (nSPS) is 11.8. The van der Waals surface area contributed by atoms with E-state index in [0.29, 0.717) is 28.7 Å². The molecule has 1 rings (SSSR count). The summed E-state index contributed by atoms with van der Waals surface area (Å²) in [6.07, 6.45) is 0.0586. The van der Waals surface area contributed by atoms with Crippen molar-refractivity contribution in [1.82, 2.24) is 0 Å². The summed E-state index contributed by atoms with van der Waals surface area (Å²) < 4.78 is 15.2. The van der Waals surface area contributed by atoms with E-state index >= 15 is 0 Å². The van der Waals surface area contributed by atoms with Crippen LogP contribution in [-0.4, -0.2) is 26.8 Å². The predicted octanol–water partition coefficient (Wildman–Crippen LogP) is 2.31. The summed E-state index contributed by atoms with van der Waals surface area (Å²) >= 11 is 6.21. The van der Waals surface area contributed by atoms with Gasteiger partial charge < -0.3 is 19.9 Å². The highest BCUT2D eigenvalue weighted by Crippen LogP contribution is 2.39. The van der Waals surface area contributed by atoms with Gasteiger partial charge in [0.2, 0.25) is 0 Å². The van der Waals surface area contributed by atoms with Crippen LogP contribution in [0.5, 0.6) is 11.5 Å². The van der Waals surface area contributed by atoms with Crippen molar-refractivity contribution in [1.29, 1.82) is 0 Å².